The average molecular weight is 506 g/mol. The maximum absolute atomic E-state index is 14.4. The van der Waals surface area contributed by atoms with Crippen LogP contribution in [0, 0.1) is 5.82 Å². The molecular formula is C26H28FN7O3. The van der Waals surface area contributed by atoms with Gasteiger partial charge in [0.1, 0.15) is 5.60 Å². The number of benzene rings is 2. The van der Waals surface area contributed by atoms with Crippen molar-refractivity contribution in [3.8, 4) is 0 Å². The van der Waals surface area contributed by atoms with Gasteiger partial charge in [-0.15, -0.1) is 0 Å². The number of carbonyl (C=O) groups is 2. The third-order valence-electron chi connectivity index (χ3n) is 4.71. The van der Waals surface area contributed by atoms with Crippen LogP contribution in [0.4, 0.5) is 38.0 Å². The van der Waals surface area contributed by atoms with Gasteiger partial charge in [0.2, 0.25) is 11.9 Å². The van der Waals surface area contributed by atoms with E-state index in [1.165, 1.54) is 4.68 Å². The van der Waals surface area contributed by atoms with Crippen LogP contribution in [-0.4, -0.2) is 37.3 Å². The highest BCUT2D eigenvalue weighted by Gasteiger charge is 2.20. The summed E-state index contributed by atoms with van der Waals surface area (Å²) in [5.41, 5.74) is 1.55. The molecule has 2 heterocycles. The fraction of sp³-hybridized carbons (Fsp3) is 0.192. The van der Waals surface area contributed by atoms with Crippen LogP contribution in [0.1, 0.15) is 28.2 Å². The van der Waals surface area contributed by atoms with Crippen molar-refractivity contribution in [2.45, 2.75) is 33.8 Å². The number of nitrogens with zero attached hydrogens (tertiary/aromatic N) is 4. The van der Waals surface area contributed by atoms with Gasteiger partial charge in [-0.3, -0.25) is 4.79 Å². The molecule has 37 heavy (non-hydrogen) atoms. The lowest BCUT2D eigenvalue weighted by atomic mass is 10.2. The summed E-state index contributed by atoms with van der Waals surface area (Å²) in [4.78, 5) is 32.1. The van der Waals surface area contributed by atoms with E-state index in [1.54, 1.807) is 69.4 Å². The maximum atomic E-state index is 14.4. The number of anilines is 5. The van der Waals surface area contributed by atoms with Gasteiger partial charge in [0.05, 0.1) is 17.9 Å². The van der Waals surface area contributed by atoms with Crippen molar-refractivity contribution in [1.29, 1.82) is 0 Å². The molecule has 11 heteroatoms. The molecule has 4 aromatic rings. The van der Waals surface area contributed by atoms with E-state index in [-0.39, 0.29) is 25.1 Å². The third-order valence-corrected chi connectivity index (χ3v) is 4.71. The first-order valence-corrected chi connectivity index (χ1v) is 10.9. The second kappa shape index (κ2) is 10.9. The fourth-order valence-corrected chi connectivity index (χ4v) is 3.21. The molecule has 0 bridgehead atoms. The summed E-state index contributed by atoms with van der Waals surface area (Å²) in [5, 5.41) is 13.4. The quantitative estimate of drug-likeness (QED) is 0.273. The molecule has 0 unspecified atom stereocenters. The van der Waals surface area contributed by atoms with Crippen molar-refractivity contribution < 1.29 is 18.7 Å². The number of rotatable bonds is 6. The molecule has 2 aromatic carbocycles. The van der Waals surface area contributed by atoms with E-state index in [4.69, 9.17) is 4.74 Å². The Morgan fingerprint density at radius 3 is 2.51 bits per heavy atom. The molecule has 0 radical (unpaired) electrons. The lowest BCUT2D eigenvalue weighted by Crippen LogP contribution is -2.27. The molecule has 0 saturated heterocycles. The number of amides is 1. The van der Waals surface area contributed by atoms with Crippen molar-refractivity contribution in [1.82, 2.24) is 19.7 Å². The largest absolute Gasteiger partial charge is 0.442 e. The van der Waals surface area contributed by atoms with Gasteiger partial charge >= 0.3 is 6.09 Å². The Morgan fingerprint density at radius 2 is 1.78 bits per heavy atom. The first kappa shape index (κ1) is 26.8. The van der Waals surface area contributed by atoms with E-state index in [9.17, 15) is 14.0 Å². The predicted octanol–water partition coefficient (Wildman–Crippen LogP) is 6.00. The van der Waals surface area contributed by atoms with Crippen molar-refractivity contribution in [3.63, 3.8) is 0 Å². The lowest BCUT2D eigenvalue weighted by Gasteiger charge is -2.19. The highest BCUT2D eigenvalue weighted by atomic mass is 19.1. The van der Waals surface area contributed by atoms with Crippen LogP contribution in [0.25, 0.3) is 10.9 Å². The summed E-state index contributed by atoms with van der Waals surface area (Å²) < 4.78 is 21.0. The van der Waals surface area contributed by atoms with Crippen LogP contribution < -0.4 is 16.0 Å². The molecule has 0 spiro atoms. The standard InChI is InChI=1S/C25H24FN7O3.CH4/c1-5-21(34)29-16-7-6-8-17(12-16)30-22-19(26)14-27-23(32-22)31-18-9-10-20-15(11-18)13-28-33(20)24(35)36-25(2,3)4;/h5-14H,1H2,2-4H3,(H,29,34)(H2,27,30,31,32);1H4. The second-order valence-electron chi connectivity index (χ2n) is 8.72. The molecule has 0 aliphatic rings. The highest BCUT2D eigenvalue weighted by molar-refractivity contribution is 5.99. The van der Waals surface area contributed by atoms with E-state index in [0.717, 1.165) is 12.3 Å². The zero-order valence-corrected chi connectivity index (χ0v) is 19.9. The van der Waals surface area contributed by atoms with Gasteiger partial charge in [-0.2, -0.15) is 14.8 Å². The second-order valence-corrected chi connectivity index (χ2v) is 8.72. The molecular weight excluding hydrogens is 477 g/mol. The van der Waals surface area contributed by atoms with Gasteiger partial charge in [0, 0.05) is 22.4 Å². The van der Waals surface area contributed by atoms with E-state index < -0.39 is 17.5 Å². The smallest absolute Gasteiger partial charge is 0.435 e. The topological polar surface area (TPSA) is 123 Å². The number of aromatic nitrogens is 4. The van der Waals surface area contributed by atoms with Crippen molar-refractivity contribution in [3.05, 3.63) is 73.3 Å². The minimum Gasteiger partial charge on any atom is -0.442 e. The molecule has 0 atom stereocenters. The van der Waals surface area contributed by atoms with Crippen molar-refractivity contribution >= 4 is 51.7 Å². The molecule has 4 rings (SSSR count). The van der Waals surface area contributed by atoms with E-state index in [2.05, 4.69) is 37.6 Å². The van der Waals surface area contributed by atoms with Crippen molar-refractivity contribution in [2.24, 2.45) is 0 Å². The van der Waals surface area contributed by atoms with Crippen LogP contribution >= 0.6 is 0 Å². The van der Waals surface area contributed by atoms with Gasteiger partial charge < -0.3 is 20.7 Å². The number of nitrogens with one attached hydrogen (secondary N) is 3. The first-order chi connectivity index (χ1) is 17.1. The Kier molecular flexibility index (Phi) is 7.86. The van der Waals surface area contributed by atoms with Crippen molar-refractivity contribution in [2.75, 3.05) is 16.0 Å². The average Bonchev–Trinajstić information content (AvgIpc) is 3.24. The van der Waals surface area contributed by atoms with Crippen LogP contribution in [0.5, 0.6) is 0 Å². The van der Waals surface area contributed by atoms with Crippen LogP contribution in [-0.2, 0) is 9.53 Å². The molecule has 1 amide bonds. The highest BCUT2D eigenvalue weighted by Crippen LogP contribution is 2.25. The molecule has 0 fully saturated rings. The summed E-state index contributed by atoms with van der Waals surface area (Å²) in [6.45, 7) is 8.75. The van der Waals surface area contributed by atoms with Gasteiger partial charge in [0.15, 0.2) is 11.6 Å². The van der Waals surface area contributed by atoms with Gasteiger partial charge in [-0.05, 0) is 63.2 Å². The SMILES string of the molecule is C.C=CC(=O)Nc1cccc(Nc2nc(Nc3ccc4c(cnn4C(=O)OC(C)(C)C)c3)ncc2F)c1. The molecule has 192 valence electrons. The zero-order valence-electron chi connectivity index (χ0n) is 19.9. The molecule has 2 aromatic heterocycles. The van der Waals surface area contributed by atoms with Gasteiger partial charge in [-0.1, -0.05) is 20.1 Å². The van der Waals surface area contributed by atoms with Crippen LogP contribution in [0.2, 0.25) is 0 Å². The Hall–Kier alpha value is -4.80. The molecule has 3 N–H and O–H groups in total. The number of halogens is 1. The number of hydrogen-bond donors (Lipinski definition) is 3. The van der Waals surface area contributed by atoms with Crippen LogP contribution in [0.3, 0.4) is 0 Å². The zero-order chi connectivity index (χ0) is 25.9. The summed E-state index contributed by atoms with van der Waals surface area (Å²) in [6.07, 6.45) is 3.16. The van der Waals surface area contributed by atoms with Gasteiger partial charge in [0.25, 0.3) is 0 Å². The molecule has 0 saturated carbocycles. The molecule has 10 nitrogen and oxygen atoms in total. The number of hydrogen-bond acceptors (Lipinski definition) is 8. The van der Waals surface area contributed by atoms with Crippen LogP contribution in [0.15, 0.2) is 67.5 Å². The minimum absolute atomic E-state index is 0. The van der Waals surface area contributed by atoms with E-state index in [0.29, 0.717) is 28.0 Å². The number of fused-ring (bicyclic) bond motifs is 1. The summed E-state index contributed by atoms with van der Waals surface area (Å²) in [7, 11) is 0. The summed E-state index contributed by atoms with van der Waals surface area (Å²) in [5.74, 6) is -0.928. The summed E-state index contributed by atoms with van der Waals surface area (Å²) in [6, 6.07) is 11.9. The van der Waals surface area contributed by atoms with Gasteiger partial charge in [-0.25, -0.2) is 14.2 Å². The Morgan fingerprint density at radius 1 is 1.05 bits per heavy atom. The first-order valence-electron chi connectivity index (χ1n) is 10.9. The normalized spacial score (nSPS) is 10.8. The Labute approximate surface area is 213 Å². The van der Waals surface area contributed by atoms with E-state index in [1.807, 2.05) is 0 Å². The Bertz CT molecular complexity index is 1460. The maximum Gasteiger partial charge on any atom is 0.435 e. The fourth-order valence-electron chi connectivity index (χ4n) is 3.21. The molecule has 0 aliphatic carbocycles. The summed E-state index contributed by atoms with van der Waals surface area (Å²) >= 11 is 0. The predicted molar refractivity (Wildman–Crippen MR) is 142 cm³/mol. The third kappa shape index (κ3) is 6.66. The minimum atomic E-state index is -0.657. The van der Waals surface area contributed by atoms with E-state index >= 15 is 0 Å². The number of carbonyl (C=O) groups excluding carboxylic acids is 2. The molecule has 0 aliphatic heterocycles. The number of ether oxygens (including phenoxy) is 1. The Balaban J connectivity index is 0.00000380. The monoisotopic (exact) mass is 505 g/mol. The lowest BCUT2D eigenvalue weighted by molar-refractivity contribution is -0.111.